The van der Waals surface area contributed by atoms with Crippen molar-refractivity contribution in [2.75, 3.05) is 11.6 Å². The molecule has 0 spiro atoms. The van der Waals surface area contributed by atoms with Gasteiger partial charge in [-0.15, -0.1) is 11.3 Å². The highest BCUT2D eigenvalue weighted by atomic mass is 35.5. The SMILES string of the molecule is CSc1nc(C)c(CCC(=O)Nc2nc(-c3ccccc3Cl)cs2)c(C)n1. The van der Waals surface area contributed by atoms with Gasteiger partial charge in [0.15, 0.2) is 10.3 Å². The van der Waals surface area contributed by atoms with Crippen LogP contribution in [0.5, 0.6) is 0 Å². The van der Waals surface area contributed by atoms with Crippen molar-refractivity contribution >= 4 is 45.7 Å². The number of aryl methyl sites for hydroxylation is 2. The predicted octanol–water partition coefficient (Wildman–Crippen LogP) is 5.16. The Bertz CT molecular complexity index is 951. The van der Waals surface area contributed by atoms with E-state index in [0.29, 0.717) is 23.0 Å². The molecule has 0 atom stereocenters. The van der Waals surface area contributed by atoms with Gasteiger partial charge in [-0.2, -0.15) is 0 Å². The second kappa shape index (κ2) is 8.82. The van der Waals surface area contributed by atoms with Crippen LogP contribution in [-0.4, -0.2) is 27.1 Å². The first-order chi connectivity index (χ1) is 13.0. The number of carbonyl (C=O) groups is 1. The monoisotopic (exact) mass is 418 g/mol. The van der Waals surface area contributed by atoms with E-state index < -0.39 is 0 Å². The van der Waals surface area contributed by atoms with Crippen molar-refractivity contribution < 1.29 is 4.79 Å². The van der Waals surface area contributed by atoms with Crippen LogP contribution in [0.15, 0.2) is 34.8 Å². The minimum atomic E-state index is -0.0807. The van der Waals surface area contributed by atoms with E-state index in [4.69, 9.17) is 11.6 Å². The number of thioether (sulfide) groups is 1. The van der Waals surface area contributed by atoms with Gasteiger partial charge >= 0.3 is 0 Å². The molecule has 27 heavy (non-hydrogen) atoms. The number of thiazole rings is 1. The lowest BCUT2D eigenvalue weighted by molar-refractivity contribution is -0.116. The van der Waals surface area contributed by atoms with Gasteiger partial charge in [-0.3, -0.25) is 4.79 Å². The zero-order valence-corrected chi connectivity index (χ0v) is 17.6. The number of aromatic nitrogens is 3. The second-order valence-corrected chi connectivity index (χ2v) is 7.96. The molecule has 0 fully saturated rings. The van der Waals surface area contributed by atoms with E-state index in [9.17, 15) is 4.79 Å². The first kappa shape index (κ1) is 19.8. The Morgan fingerprint density at radius 2 is 1.89 bits per heavy atom. The van der Waals surface area contributed by atoms with Gasteiger partial charge in [0.05, 0.1) is 5.69 Å². The van der Waals surface area contributed by atoms with Crippen molar-refractivity contribution in [3.63, 3.8) is 0 Å². The van der Waals surface area contributed by atoms with Crippen molar-refractivity contribution in [2.45, 2.75) is 31.8 Å². The van der Waals surface area contributed by atoms with E-state index in [-0.39, 0.29) is 5.91 Å². The molecule has 0 bridgehead atoms. The summed E-state index contributed by atoms with van der Waals surface area (Å²) in [6.07, 6.45) is 2.90. The minimum Gasteiger partial charge on any atom is -0.302 e. The normalized spacial score (nSPS) is 10.8. The Labute approximate surface area is 171 Å². The Kier molecular flexibility index (Phi) is 6.46. The van der Waals surface area contributed by atoms with Gasteiger partial charge in [0.2, 0.25) is 5.91 Å². The van der Waals surface area contributed by atoms with Crippen LogP contribution in [0.25, 0.3) is 11.3 Å². The number of hydrogen-bond donors (Lipinski definition) is 1. The third-order valence-electron chi connectivity index (χ3n) is 4.09. The van der Waals surface area contributed by atoms with E-state index in [1.54, 1.807) is 0 Å². The standard InChI is InChI=1S/C19H19ClN4OS2/c1-11-13(12(2)22-18(21-11)26-3)8-9-17(25)24-19-23-16(10-27-19)14-6-4-5-7-15(14)20/h4-7,10H,8-9H2,1-3H3,(H,23,24,25). The van der Waals surface area contributed by atoms with Crippen molar-refractivity contribution in [1.29, 1.82) is 0 Å². The highest BCUT2D eigenvalue weighted by Gasteiger charge is 2.13. The molecule has 2 aromatic heterocycles. The lowest BCUT2D eigenvalue weighted by Crippen LogP contribution is -2.13. The molecule has 1 aromatic carbocycles. The second-order valence-electron chi connectivity index (χ2n) is 5.93. The zero-order chi connectivity index (χ0) is 19.4. The smallest absolute Gasteiger partial charge is 0.226 e. The number of nitrogens with one attached hydrogen (secondary N) is 1. The number of nitrogens with zero attached hydrogens (tertiary/aromatic N) is 3. The van der Waals surface area contributed by atoms with Gasteiger partial charge in [-0.1, -0.05) is 41.6 Å². The summed E-state index contributed by atoms with van der Waals surface area (Å²) in [4.78, 5) is 25.7. The van der Waals surface area contributed by atoms with Gasteiger partial charge in [0.25, 0.3) is 0 Å². The summed E-state index contributed by atoms with van der Waals surface area (Å²) in [7, 11) is 0. The fraction of sp³-hybridized carbons (Fsp3) is 0.263. The molecular formula is C19H19ClN4OS2. The van der Waals surface area contributed by atoms with Gasteiger partial charge < -0.3 is 5.32 Å². The molecule has 140 valence electrons. The first-order valence-electron chi connectivity index (χ1n) is 8.36. The molecule has 0 unspecified atom stereocenters. The van der Waals surface area contributed by atoms with Crippen LogP contribution in [-0.2, 0) is 11.2 Å². The number of rotatable bonds is 6. The molecule has 0 aliphatic rings. The van der Waals surface area contributed by atoms with Gasteiger partial charge in [-0.05, 0) is 38.2 Å². The lowest BCUT2D eigenvalue weighted by atomic mass is 10.1. The van der Waals surface area contributed by atoms with Crippen LogP contribution in [0.1, 0.15) is 23.4 Å². The predicted molar refractivity (Wildman–Crippen MR) is 113 cm³/mol. The summed E-state index contributed by atoms with van der Waals surface area (Å²) >= 11 is 9.11. The Morgan fingerprint density at radius 3 is 2.56 bits per heavy atom. The lowest BCUT2D eigenvalue weighted by Gasteiger charge is -2.09. The summed E-state index contributed by atoms with van der Waals surface area (Å²) in [5.41, 5.74) is 4.49. The average Bonchev–Trinajstić information content (AvgIpc) is 3.09. The fourth-order valence-corrected chi connectivity index (χ4v) is 4.12. The molecule has 0 radical (unpaired) electrons. The van der Waals surface area contributed by atoms with Crippen LogP contribution < -0.4 is 5.32 Å². The summed E-state index contributed by atoms with van der Waals surface area (Å²) in [6, 6.07) is 7.52. The molecule has 0 saturated carbocycles. The molecule has 0 saturated heterocycles. The summed E-state index contributed by atoms with van der Waals surface area (Å²) in [6.45, 7) is 3.91. The van der Waals surface area contributed by atoms with Gasteiger partial charge in [0.1, 0.15) is 0 Å². The van der Waals surface area contributed by atoms with Crippen molar-refractivity contribution in [3.8, 4) is 11.3 Å². The van der Waals surface area contributed by atoms with Crippen molar-refractivity contribution in [3.05, 3.63) is 51.6 Å². The van der Waals surface area contributed by atoms with E-state index >= 15 is 0 Å². The van der Waals surface area contributed by atoms with Crippen LogP contribution in [0.2, 0.25) is 5.02 Å². The summed E-state index contributed by atoms with van der Waals surface area (Å²) in [5.74, 6) is -0.0807. The molecule has 3 aromatic rings. The number of carbonyl (C=O) groups excluding carboxylic acids is 1. The average molecular weight is 419 g/mol. The molecule has 8 heteroatoms. The van der Waals surface area contributed by atoms with Crippen LogP contribution in [0, 0.1) is 13.8 Å². The maximum absolute atomic E-state index is 12.3. The van der Waals surface area contributed by atoms with E-state index in [2.05, 4.69) is 20.3 Å². The number of amides is 1. The number of benzene rings is 1. The quantitative estimate of drug-likeness (QED) is 0.442. The maximum atomic E-state index is 12.3. The van der Waals surface area contributed by atoms with E-state index in [1.807, 2.05) is 49.7 Å². The maximum Gasteiger partial charge on any atom is 0.226 e. The molecule has 3 rings (SSSR count). The molecule has 1 amide bonds. The molecule has 5 nitrogen and oxygen atoms in total. The molecule has 0 aliphatic heterocycles. The molecule has 0 aliphatic carbocycles. The number of halogens is 1. The Hall–Kier alpha value is -1.96. The van der Waals surface area contributed by atoms with E-state index in [1.165, 1.54) is 23.1 Å². The van der Waals surface area contributed by atoms with Gasteiger partial charge in [-0.25, -0.2) is 15.0 Å². The molecular weight excluding hydrogens is 400 g/mol. The van der Waals surface area contributed by atoms with Crippen molar-refractivity contribution in [2.24, 2.45) is 0 Å². The third-order valence-corrected chi connectivity index (χ3v) is 5.72. The Morgan fingerprint density at radius 1 is 1.19 bits per heavy atom. The Balaban J connectivity index is 1.63. The molecule has 2 heterocycles. The minimum absolute atomic E-state index is 0.0807. The van der Waals surface area contributed by atoms with Crippen molar-refractivity contribution in [1.82, 2.24) is 15.0 Å². The number of anilines is 1. The van der Waals surface area contributed by atoms with Crippen LogP contribution >= 0.6 is 34.7 Å². The molecule has 1 N–H and O–H groups in total. The van der Waals surface area contributed by atoms with Crippen LogP contribution in [0.3, 0.4) is 0 Å². The third kappa shape index (κ3) is 4.86. The largest absolute Gasteiger partial charge is 0.302 e. The highest BCUT2D eigenvalue weighted by molar-refractivity contribution is 7.98. The zero-order valence-electron chi connectivity index (χ0n) is 15.2. The van der Waals surface area contributed by atoms with E-state index in [0.717, 1.165) is 33.4 Å². The summed E-state index contributed by atoms with van der Waals surface area (Å²) < 4.78 is 0. The topological polar surface area (TPSA) is 67.8 Å². The van der Waals surface area contributed by atoms with Crippen LogP contribution in [0.4, 0.5) is 5.13 Å². The summed E-state index contributed by atoms with van der Waals surface area (Å²) in [5, 5.41) is 6.72. The van der Waals surface area contributed by atoms with Gasteiger partial charge in [0, 0.05) is 33.8 Å². The highest BCUT2D eigenvalue weighted by Crippen LogP contribution is 2.30. The fourth-order valence-electron chi connectivity index (χ4n) is 2.71. The first-order valence-corrected chi connectivity index (χ1v) is 10.8. The number of hydrogen-bond acceptors (Lipinski definition) is 6.